The van der Waals surface area contributed by atoms with Crippen molar-refractivity contribution in [1.82, 2.24) is 4.90 Å². The van der Waals surface area contributed by atoms with Crippen LogP contribution in [0.3, 0.4) is 0 Å². The van der Waals surface area contributed by atoms with Crippen molar-refractivity contribution in [2.45, 2.75) is 32.1 Å². The Kier molecular flexibility index (Phi) is 5.27. The first-order chi connectivity index (χ1) is 10.6. The second-order valence-corrected chi connectivity index (χ2v) is 7.34. The Morgan fingerprint density at radius 3 is 2.77 bits per heavy atom. The molecule has 1 heterocycles. The Balaban J connectivity index is 1.54. The van der Waals surface area contributed by atoms with Crippen LogP contribution in [0, 0.1) is 11.8 Å². The highest BCUT2D eigenvalue weighted by molar-refractivity contribution is 6.35. The van der Waals surface area contributed by atoms with Crippen molar-refractivity contribution in [1.29, 1.82) is 0 Å². The summed E-state index contributed by atoms with van der Waals surface area (Å²) in [6.45, 7) is 2.52. The van der Waals surface area contributed by atoms with Gasteiger partial charge in [0.05, 0.1) is 17.3 Å². The van der Waals surface area contributed by atoms with Crippen LogP contribution < -0.4 is 5.32 Å². The van der Waals surface area contributed by atoms with Gasteiger partial charge in [-0.25, -0.2) is 0 Å². The molecule has 1 aliphatic heterocycles. The fourth-order valence-corrected chi connectivity index (χ4v) is 4.14. The average Bonchev–Trinajstić information content (AvgIpc) is 2.51. The lowest BCUT2D eigenvalue weighted by molar-refractivity contribution is -0.118. The van der Waals surface area contributed by atoms with E-state index in [-0.39, 0.29) is 5.91 Å². The van der Waals surface area contributed by atoms with Crippen LogP contribution in [0.4, 0.5) is 5.69 Å². The summed E-state index contributed by atoms with van der Waals surface area (Å²) < 4.78 is 0. The molecule has 2 fully saturated rings. The number of carbonyl (C=O) groups is 1. The van der Waals surface area contributed by atoms with Crippen molar-refractivity contribution < 1.29 is 4.79 Å². The Hall–Kier alpha value is -0.770. The zero-order valence-electron chi connectivity index (χ0n) is 12.7. The predicted octanol–water partition coefficient (Wildman–Crippen LogP) is 4.44. The van der Waals surface area contributed by atoms with Crippen LogP contribution in [0.1, 0.15) is 32.1 Å². The summed E-state index contributed by atoms with van der Waals surface area (Å²) in [5.74, 6) is 1.65. The van der Waals surface area contributed by atoms with Crippen molar-refractivity contribution in [2.75, 3.05) is 25.0 Å². The van der Waals surface area contributed by atoms with Crippen LogP contribution in [0.5, 0.6) is 0 Å². The van der Waals surface area contributed by atoms with Gasteiger partial charge in [-0.1, -0.05) is 42.5 Å². The van der Waals surface area contributed by atoms with Crippen LogP contribution >= 0.6 is 23.2 Å². The maximum absolute atomic E-state index is 12.2. The van der Waals surface area contributed by atoms with E-state index < -0.39 is 0 Å². The normalized spacial score (nSPS) is 25.5. The standard InChI is InChI=1S/C17H22Cl2N2O/c18-14-5-6-15(19)16(9-14)20-17(22)11-21-8-7-12-3-1-2-4-13(12)10-21/h5-6,9,12-13H,1-4,7-8,10-11H2,(H,20,22)/t12-,13+/m0/s1. The quantitative estimate of drug-likeness (QED) is 0.881. The lowest BCUT2D eigenvalue weighted by Gasteiger charge is -2.41. The van der Waals surface area contributed by atoms with Gasteiger partial charge in [0.25, 0.3) is 0 Å². The maximum atomic E-state index is 12.2. The van der Waals surface area contributed by atoms with Crippen LogP contribution in [0.15, 0.2) is 18.2 Å². The molecule has 1 saturated heterocycles. The lowest BCUT2D eigenvalue weighted by Crippen LogP contribution is -2.44. The van der Waals surface area contributed by atoms with Gasteiger partial charge in [-0.2, -0.15) is 0 Å². The number of benzene rings is 1. The third kappa shape index (κ3) is 3.95. The van der Waals surface area contributed by atoms with Crippen molar-refractivity contribution in [3.8, 4) is 0 Å². The zero-order chi connectivity index (χ0) is 15.5. The van der Waals surface area contributed by atoms with E-state index in [2.05, 4.69) is 10.2 Å². The van der Waals surface area contributed by atoms with E-state index in [1.807, 2.05) is 0 Å². The van der Waals surface area contributed by atoms with Gasteiger partial charge in [0.1, 0.15) is 0 Å². The minimum Gasteiger partial charge on any atom is -0.324 e. The van der Waals surface area contributed by atoms with Crippen molar-refractivity contribution in [2.24, 2.45) is 11.8 Å². The Morgan fingerprint density at radius 2 is 1.95 bits per heavy atom. The molecule has 2 aliphatic rings. The number of hydrogen-bond acceptors (Lipinski definition) is 2. The lowest BCUT2D eigenvalue weighted by atomic mass is 9.75. The Morgan fingerprint density at radius 1 is 1.18 bits per heavy atom. The Bertz CT molecular complexity index is 549. The van der Waals surface area contributed by atoms with Crippen molar-refractivity contribution in [3.05, 3.63) is 28.2 Å². The van der Waals surface area contributed by atoms with Crippen LogP contribution in [-0.2, 0) is 4.79 Å². The molecule has 3 nitrogen and oxygen atoms in total. The average molecular weight is 341 g/mol. The SMILES string of the molecule is O=C(CN1CC[C@@H]2CCCC[C@@H]2C1)Nc1cc(Cl)ccc1Cl. The fraction of sp³-hybridized carbons (Fsp3) is 0.588. The van der Waals surface area contributed by atoms with E-state index in [1.54, 1.807) is 18.2 Å². The van der Waals surface area contributed by atoms with Gasteiger partial charge >= 0.3 is 0 Å². The number of piperidine rings is 1. The smallest absolute Gasteiger partial charge is 0.238 e. The zero-order valence-corrected chi connectivity index (χ0v) is 14.2. The first-order valence-electron chi connectivity index (χ1n) is 8.09. The summed E-state index contributed by atoms with van der Waals surface area (Å²) >= 11 is 12.0. The molecule has 5 heteroatoms. The highest BCUT2D eigenvalue weighted by Gasteiger charge is 2.31. The van der Waals surface area contributed by atoms with Gasteiger partial charge < -0.3 is 5.32 Å². The van der Waals surface area contributed by atoms with E-state index >= 15 is 0 Å². The molecule has 1 N–H and O–H groups in total. The molecule has 3 rings (SSSR count). The first kappa shape index (κ1) is 16.1. The summed E-state index contributed by atoms with van der Waals surface area (Å²) in [7, 11) is 0. The number of halogens is 2. The number of fused-ring (bicyclic) bond motifs is 1. The molecule has 1 aromatic rings. The van der Waals surface area contributed by atoms with E-state index in [4.69, 9.17) is 23.2 Å². The summed E-state index contributed by atoms with van der Waals surface area (Å²) in [6, 6.07) is 5.11. The second kappa shape index (κ2) is 7.20. The molecule has 0 bridgehead atoms. The third-order valence-electron chi connectivity index (χ3n) is 4.95. The van der Waals surface area contributed by atoms with E-state index in [0.717, 1.165) is 24.9 Å². The van der Waals surface area contributed by atoms with Gasteiger partial charge in [-0.05, 0) is 49.4 Å². The van der Waals surface area contributed by atoms with Crippen LogP contribution in [0.25, 0.3) is 0 Å². The number of carbonyl (C=O) groups excluding carboxylic acids is 1. The molecule has 0 unspecified atom stereocenters. The van der Waals surface area contributed by atoms with Crippen LogP contribution in [-0.4, -0.2) is 30.4 Å². The summed E-state index contributed by atoms with van der Waals surface area (Å²) in [6.07, 6.45) is 6.66. The summed E-state index contributed by atoms with van der Waals surface area (Å²) in [5, 5.41) is 3.96. The number of nitrogens with zero attached hydrogens (tertiary/aromatic N) is 1. The predicted molar refractivity (Wildman–Crippen MR) is 91.6 cm³/mol. The molecular weight excluding hydrogens is 319 g/mol. The van der Waals surface area contributed by atoms with Gasteiger partial charge in [0.15, 0.2) is 0 Å². The van der Waals surface area contributed by atoms with E-state index in [0.29, 0.717) is 22.3 Å². The molecular formula is C17H22Cl2N2O. The fourth-order valence-electron chi connectivity index (χ4n) is 3.81. The first-order valence-corrected chi connectivity index (χ1v) is 8.84. The number of hydrogen-bond donors (Lipinski definition) is 1. The number of anilines is 1. The highest BCUT2D eigenvalue weighted by Crippen LogP contribution is 2.36. The summed E-state index contributed by atoms with van der Waals surface area (Å²) in [5.41, 5.74) is 0.590. The topological polar surface area (TPSA) is 32.3 Å². The molecule has 2 atom stereocenters. The molecule has 1 aromatic carbocycles. The molecule has 22 heavy (non-hydrogen) atoms. The van der Waals surface area contributed by atoms with Crippen molar-refractivity contribution >= 4 is 34.8 Å². The molecule has 120 valence electrons. The molecule has 1 amide bonds. The monoisotopic (exact) mass is 340 g/mol. The Labute approximate surface area is 142 Å². The van der Waals surface area contributed by atoms with Gasteiger partial charge in [0.2, 0.25) is 5.91 Å². The molecule has 0 radical (unpaired) electrons. The third-order valence-corrected chi connectivity index (χ3v) is 5.51. The highest BCUT2D eigenvalue weighted by atomic mass is 35.5. The molecule has 1 saturated carbocycles. The largest absolute Gasteiger partial charge is 0.324 e. The number of likely N-dealkylation sites (tertiary alicyclic amines) is 1. The van der Waals surface area contributed by atoms with Crippen molar-refractivity contribution in [3.63, 3.8) is 0 Å². The molecule has 0 spiro atoms. The minimum absolute atomic E-state index is 0.0153. The molecule has 1 aliphatic carbocycles. The van der Waals surface area contributed by atoms with Gasteiger partial charge in [0, 0.05) is 11.6 Å². The maximum Gasteiger partial charge on any atom is 0.238 e. The number of nitrogens with one attached hydrogen (secondary N) is 1. The summed E-state index contributed by atoms with van der Waals surface area (Å²) in [4.78, 5) is 14.5. The minimum atomic E-state index is -0.0153. The van der Waals surface area contributed by atoms with E-state index in [1.165, 1.54) is 32.1 Å². The van der Waals surface area contributed by atoms with E-state index in [9.17, 15) is 4.79 Å². The molecule has 0 aromatic heterocycles. The number of rotatable bonds is 3. The van der Waals surface area contributed by atoms with Gasteiger partial charge in [-0.15, -0.1) is 0 Å². The second-order valence-electron chi connectivity index (χ2n) is 6.50. The van der Waals surface area contributed by atoms with Gasteiger partial charge in [-0.3, -0.25) is 9.69 Å². The van der Waals surface area contributed by atoms with Crippen LogP contribution in [0.2, 0.25) is 10.0 Å². The number of amides is 1.